The van der Waals surface area contributed by atoms with Gasteiger partial charge in [0.1, 0.15) is 11.6 Å². The number of alkyl carbamates (subject to hydrolysis) is 1. The number of carbonyl (C=O) groups excluding carboxylic acids is 2. The molecular formula is C13H13N3O3. The first-order chi connectivity index (χ1) is 9.17. The van der Waals surface area contributed by atoms with Crippen molar-refractivity contribution in [3.05, 3.63) is 42.1 Å². The van der Waals surface area contributed by atoms with Crippen LogP contribution in [0.15, 0.2) is 42.1 Å². The van der Waals surface area contributed by atoms with E-state index in [0.29, 0.717) is 0 Å². The van der Waals surface area contributed by atoms with E-state index in [9.17, 15) is 9.59 Å². The smallest absolute Gasteiger partial charge is 0.414 e. The molecule has 0 heterocycles. The minimum absolute atomic E-state index is 0.146. The van der Waals surface area contributed by atoms with Gasteiger partial charge in [-0.15, -0.1) is 0 Å². The number of para-hydroxylation sites is 1. The molecule has 2 amide bonds. The molecule has 0 bridgehead atoms. The second kappa shape index (κ2) is 7.50. The lowest BCUT2D eigenvalue weighted by atomic mass is 10.3. The van der Waals surface area contributed by atoms with Crippen LogP contribution in [0, 0.1) is 11.3 Å². The summed E-state index contributed by atoms with van der Waals surface area (Å²) < 4.78 is 4.54. The Morgan fingerprint density at radius 1 is 1.37 bits per heavy atom. The van der Waals surface area contributed by atoms with Crippen molar-refractivity contribution in [3.63, 3.8) is 0 Å². The molecule has 0 saturated heterocycles. The molecule has 98 valence electrons. The minimum Gasteiger partial charge on any atom is -0.450 e. The van der Waals surface area contributed by atoms with Crippen molar-refractivity contribution in [1.29, 1.82) is 5.26 Å². The molecule has 0 atom stereocenters. The molecule has 2 N–H and O–H groups in total. The molecule has 0 unspecified atom stereocenters. The van der Waals surface area contributed by atoms with Gasteiger partial charge in [0.25, 0.3) is 5.91 Å². The molecule has 0 saturated carbocycles. The quantitative estimate of drug-likeness (QED) is 0.635. The van der Waals surface area contributed by atoms with Gasteiger partial charge < -0.3 is 10.1 Å². The first-order valence-corrected chi connectivity index (χ1v) is 5.57. The summed E-state index contributed by atoms with van der Waals surface area (Å²) in [5.41, 5.74) is 0.496. The Balaban J connectivity index is 2.65. The lowest BCUT2D eigenvalue weighted by molar-refractivity contribution is -0.116. The molecular weight excluding hydrogens is 246 g/mol. The Labute approximate surface area is 110 Å². The fraction of sp³-hybridized carbons (Fsp3) is 0.154. The average Bonchev–Trinajstić information content (AvgIpc) is 2.40. The summed E-state index contributed by atoms with van der Waals surface area (Å²) in [6.45, 7) is 1.76. The number of benzene rings is 1. The standard InChI is InChI=1S/C13H13N3O3/c1-2-19-13(18)16-12(17)10(8-14)9-15-11-6-4-3-5-7-11/h3-7,9,15H,2H2,1H3,(H,16,17,18)/b10-9+. The highest BCUT2D eigenvalue weighted by molar-refractivity contribution is 6.05. The summed E-state index contributed by atoms with van der Waals surface area (Å²) in [5, 5.41) is 13.6. The Morgan fingerprint density at radius 2 is 2.05 bits per heavy atom. The van der Waals surface area contributed by atoms with Crippen LogP contribution < -0.4 is 10.6 Å². The van der Waals surface area contributed by atoms with Crippen molar-refractivity contribution in [2.75, 3.05) is 11.9 Å². The first kappa shape index (κ1) is 14.3. The van der Waals surface area contributed by atoms with Crippen LogP contribution in [0.5, 0.6) is 0 Å². The molecule has 19 heavy (non-hydrogen) atoms. The van der Waals surface area contributed by atoms with Crippen LogP contribution in [0.4, 0.5) is 10.5 Å². The fourth-order valence-electron chi connectivity index (χ4n) is 1.17. The normalized spacial score (nSPS) is 10.2. The van der Waals surface area contributed by atoms with Crippen LogP contribution >= 0.6 is 0 Å². The number of nitriles is 1. The van der Waals surface area contributed by atoms with E-state index in [1.54, 1.807) is 37.3 Å². The number of rotatable bonds is 4. The largest absolute Gasteiger partial charge is 0.450 e. The van der Waals surface area contributed by atoms with Crippen molar-refractivity contribution in [3.8, 4) is 6.07 Å². The third-order valence-electron chi connectivity index (χ3n) is 2.01. The van der Waals surface area contributed by atoms with Crippen molar-refractivity contribution in [1.82, 2.24) is 5.32 Å². The Morgan fingerprint density at radius 3 is 2.63 bits per heavy atom. The number of anilines is 1. The summed E-state index contributed by atoms with van der Waals surface area (Å²) >= 11 is 0. The van der Waals surface area contributed by atoms with Crippen molar-refractivity contribution in [2.45, 2.75) is 6.92 Å². The molecule has 0 spiro atoms. The zero-order valence-electron chi connectivity index (χ0n) is 10.3. The van der Waals surface area contributed by atoms with Gasteiger partial charge in [0.2, 0.25) is 0 Å². The number of ether oxygens (including phenoxy) is 1. The summed E-state index contributed by atoms with van der Waals surface area (Å²) in [6, 6.07) is 10.7. The van der Waals surface area contributed by atoms with Crippen LogP contribution in [-0.2, 0) is 9.53 Å². The van der Waals surface area contributed by atoms with Crippen LogP contribution in [0.3, 0.4) is 0 Å². The minimum atomic E-state index is -0.881. The molecule has 0 aliphatic carbocycles. The lowest BCUT2D eigenvalue weighted by Gasteiger charge is -2.04. The SMILES string of the molecule is CCOC(=O)NC(=O)/C(C#N)=C/Nc1ccccc1. The summed E-state index contributed by atoms with van der Waals surface area (Å²) in [7, 11) is 0. The van der Waals surface area contributed by atoms with E-state index in [1.165, 1.54) is 6.20 Å². The van der Waals surface area contributed by atoms with Gasteiger partial charge in [-0.3, -0.25) is 10.1 Å². The number of hydrogen-bond acceptors (Lipinski definition) is 5. The van der Waals surface area contributed by atoms with Crippen LogP contribution in [0.25, 0.3) is 0 Å². The average molecular weight is 259 g/mol. The second-order valence-corrected chi connectivity index (χ2v) is 3.35. The highest BCUT2D eigenvalue weighted by atomic mass is 16.5. The number of nitrogens with zero attached hydrogens (tertiary/aromatic N) is 1. The van der Waals surface area contributed by atoms with Gasteiger partial charge in [0.15, 0.2) is 0 Å². The zero-order valence-corrected chi connectivity index (χ0v) is 10.3. The van der Waals surface area contributed by atoms with Gasteiger partial charge in [0, 0.05) is 11.9 Å². The van der Waals surface area contributed by atoms with Gasteiger partial charge >= 0.3 is 6.09 Å². The predicted octanol–water partition coefficient (Wildman–Crippen LogP) is 1.78. The van der Waals surface area contributed by atoms with Crippen molar-refractivity contribution in [2.24, 2.45) is 0 Å². The molecule has 6 nitrogen and oxygen atoms in total. The number of amides is 2. The molecule has 6 heteroatoms. The molecule has 0 aliphatic rings. The van der Waals surface area contributed by atoms with Gasteiger partial charge in [-0.1, -0.05) is 18.2 Å². The molecule has 1 rings (SSSR count). The zero-order chi connectivity index (χ0) is 14.1. The van der Waals surface area contributed by atoms with E-state index >= 15 is 0 Å². The number of imide groups is 1. The molecule has 1 aromatic rings. The van der Waals surface area contributed by atoms with Crippen molar-refractivity contribution < 1.29 is 14.3 Å². The molecule has 1 aromatic carbocycles. The molecule has 0 fully saturated rings. The van der Waals surface area contributed by atoms with Crippen molar-refractivity contribution >= 4 is 17.7 Å². The number of hydrogen-bond donors (Lipinski definition) is 2. The van der Waals surface area contributed by atoms with E-state index in [4.69, 9.17) is 5.26 Å². The van der Waals surface area contributed by atoms with Gasteiger partial charge in [-0.2, -0.15) is 5.26 Å². The van der Waals surface area contributed by atoms with Gasteiger partial charge in [-0.05, 0) is 19.1 Å². The maximum absolute atomic E-state index is 11.5. The second-order valence-electron chi connectivity index (χ2n) is 3.35. The van der Waals surface area contributed by atoms with E-state index in [2.05, 4.69) is 10.1 Å². The van der Waals surface area contributed by atoms with Crippen LogP contribution in [0.2, 0.25) is 0 Å². The monoisotopic (exact) mass is 259 g/mol. The first-order valence-electron chi connectivity index (χ1n) is 5.57. The molecule has 0 aliphatic heterocycles. The Kier molecular flexibility index (Phi) is 5.63. The lowest BCUT2D eigenvalue weighted by Crippen LogP contribution is -2.32. The summed E-state index contributed by atoms with van der Waals surface area (Å²) in [4.78, 5) is 22.6. The fourth-order valence-corrected chi connectivity index (χ4v) is 1.17. The number of nitrogens with one attached hydrogen (secondary N) is 2. The summed E-state index contributed by atoms with van der Waals surface area (Å²) in [5.74, 6) is -0.815. The van der Waals surface area contributed by atoms with E-state index < -0.39 is 12.0 Å². The maximum Gasteiger partial charge on any atom is 0.414 e. The predicted molar refractivity (Wildman–Crippen MR) is 68.9 cm³/mol. The van der Waals surface area contributed by atoms with E-state index in [0.717, 1.165) is 5.69 Å². The van der Waals surface area contributed by atoms with Gasteiger partial charge in [0.05, 0.1) is 6.61 Å². The van der Waals surface area contributed by atoms with E-state index in [-0.39, 0.29) is 12.2 Å². The van der Waals surface area contributed by atoms with Gasteiger partial charge in [-0.25, -0.2) is 4.79 Å². The number of carbonyl (C=O) groups is 2. The molecule has 0 aromatic heterocycles. The maximum atomic E-state index is 11.5. The van der Waals surface area contributed by atoms with Crippen LogP contribution in [0.1, 0.15) is 6.92 Å². The third-order valence-corrected chi connectivity index (χ3v) is 2.01. The highest BCUT2D eigenvalue weighted by Gasteiger charge is 2.13. The Hall–Kier alpha value is -2.81. The van der Waals surface area contributed by atoms with E-state index in [1.807, 2.05) is 11.4 Å². The third kappa shape index (κ3) is 4.91. The van der Waals surface area contributed by atoms with Crippen LogP contribution in [-0.4, -0.2) is 18.6 Å². The Bertz CT molecular complexity index is 518. The highest BCUT2D eigenvalue weighted by Crippen LogP contribution is 2.05. The molecule has 0 radical (unpaired) electrons. The summed E-state index contributed by atoms with van der Waals surface area (Å²) in [6.07, 6.45) is 0.345. The topological polar surface area (TPSA) is 91.2 Å².